The van der Waals surface area contributed by atoms with Crippen molar-refractivity contribution in [3.8, 4) is 0 Å². The van der Waals surface area contributed by atoms with Crippen LogP contribution >= 0.6 is 24.0 Å². The Labute approximate surface area is 196 Å². The predicted molar refractivity (Wildman–Crippen MR) is 133 cm³/mol. The van der Waals surface area contributed by atoms with E-state index >= 15 is 0 Å². The van der Waals surface area contributed by atoms with Crippen molar-refractivity contribution >= 4 is 39.8 Å². The quantitative estimate of drug-likeness (QED) is 0.313. The molecule has 0 heterocycles. The lowest BCUT2D eigenvalue weighted by Gasteiger charge is -2.27. The fourth-order valence-electron chi connectivity index (χ4n) is 2.99. The Morgan fingerprint density at radius 2 is 1.70 bits per heavy atom. The summed E-state index contributed by atoms with van der Waals surface area (Å²) in [5.74, 6) is 0.0406. The Bertz CT molecular complexity index is 974. The summed E-state index contributed by atoms with van der Waals surface area (Å²) in [4.78, 5) is 4.22. The molecule has 0 aliphatic rings. The summed E-state index contributed by atoms with van der Waals surface area (Å²) < 4.78 is 37.0. The van der Waals surface area contributed by atoms with E-state index in [4.69, 9.17) is 0 Å². The van der Waals surface area contributed by atoms with Crippen molar-refractivity contribution in [2.45, 2.75) is 38.5 Å². The Morgan fingerprint density at radius 3 is 2.27 bits per heavy atom. The van der Waals surface area contributed by atoms with Crippen LogP contribution in [0.15, 0.2) is 47.5 Å². The van der Waals surface area contributed by atoms with Crippen molar-refractivity contribution in [1.29, 1.82) is 0 Å². The van der Waals surface area contributed by atoms with Crippen LogP contribution in [0.25, 0.3) is 0 Å². The first-order valence-electron chi connectivity index (χ1n) is 9.47. The molecule has 5 nitrogen and oxygen atoms in total. The van der Waals surface area contributed by atoms with E-state index in [1.807, 2.05) is 0 Å². The molecule has 8 heteroatoms. The first kappa shape index (κ1) is 26.4. The van der Waals surface area contributed by atoms with Crippen LogP contribution < -0.4 is 10.6 Å². The van der Waals surface area contributed by atoms with Crippen LogP contribution in [0.5, 0.6) is 0 Å². The molecular formula is C22H31FIN3O2S. The van der Waals surface area contributed by atoms with Crippen LogP contribution in [0.4, 0.5) is 4.39 Å². The van der Waals surface area contributed by atoms with Crippen LogP contribution in [0, 0.1) is 12.7 Å². The van der Waals surface area contributed by atoms with E-state index in [0.717, 1.165) is 0 Å². The molecule has 0 atom stereocenters. The molecule has 30 heavy (non-hydrogen) atoms. The van der Waals surface area contributed by atoms with Gasteiger partial charge in [0, 0.05) is 31.8 Å². The summed E-state index contributed by atoms with van der Waals surface area (Å²) in [5.41, 5.74) is 3.49. The van der Waals surface area contributed by atoms with Crippen molar-refractivity contribution in [3.05, 3.63) is 70.5 Å². The van der Waals surface area contributed by atoms with Gasteiger partial charge in [0.1, 0.15) is 5.82 Å². The largest absolute Gasteiger partial charge is 0.356 e. The lowest BCUT2D eigenvalue weighted by atomic mass is 9.84. The van der Waals surface area contributed by atoms with Gasteiger partial charge in [0.25, 0.3) is 0 Å². The standard InChI is InChI=1S/C22H30FN3O2S.HI/c1-16-6-9-19(10-7-16)22(2,3)15-26-21(24-4)25-13-18-12-20(23)11-8-17(18)14-29(5,27)28;/h6-12H,13-15H2,1-5H3,(H2,24,25,26);1H. The number of hydrogen-bond donors (Lipinski definition) is 2. The predicted octanol–water partition coefficient (Wildman–Crippen LogP) is 3.94. The first-order valence-corrected chi connectivity index (χ1v) is 11.5. The number of hydrogen-bond acceptors (Lipinski definition) is 3. The number of nitrogens with zero attached hydrogens (tertiary/aromatic N) is 1. The maximum Gasteiger partial charge on any atom is 0.191 e. The van der Waals surface area contributed by atoms with E-state index in [-0.39, 0.29) is 41.7 Å². The third-order valence-electron chi connectivity index (χ3n) is 4.79. The van der Waals surface area contributed by atoms with Gasteiger partial charge in [-0.3, -0.25) is 4.99 Å². The van der Waals surface area contributed by atoms with Crippen molar-refractivity contribution in [3.63, 3.8) is 0 Å². The lowest BCUT2D eigenvalue weighted by molar-refractivity contribution is 0.508. The van der Waals surface area contributed by atoms with Crippen LogP contribution in [-0.2, 0) is 27.5 Å². The number of benzene rings is 2. The van der Waals surface area contributed by atoms with Gasteiger partial charge in [0.2, 0.25) is 0 Å². The molecule has 0 amide bonds. The molecule has 0 fully saturated rings. The van der Waals surface area contributed by atoms with E-state index in [9.17, 15) is 12.8 Å². The molecule has 0 unspecified atom stereocenters. The maximum absolute atomic E-state index is 13.7. The fourth-order valence-corrected chi connectivity index (χ4v) is 3.84. The topological polar surface area (TPSA) is 70.6 Å². The Balaban J connectivity index is 0.00000450. The van der Waals surface area contributed by atoms with E-state index in [1.54, 1.807) is 7.05 Å². The number of sulfone groups is 1. The highest BCUT2D eigenvalue weighted by molar-refractivity contribution is 14.0. The van der Waals surface area contributed by atoms with Gasteiger partial charge in [-0.1, -0.05) is 49.7 Å². The maximum atomic E-state index is 13.7. The number of nitrogens with one attached hydrogen (secondary N) is 2. The van der Waals surface area contributed by atoms with Crippen molar-refractivity contribution in [2.24, 2.45) is 4.99 Å². The average Bonchev–Trinajstić information content (AvgIpc) is 2.63. The van der Waals surface area contributed by atoms with Crippen LogP contribution in [0.2, 0.25) is 0 Å². The fraction of sp³-hybridized carbons (Fsp3) is 0.409. The third kappa shape index (κ3) is 8.22. The number of halogens is 2. The van der Waals surface area contributed by atoms with Crippen molar-refractivity contribution in [2.75, 3.05) is 19.8 Å². The highest BCUT2D eigenvalue weighted by atomic mass is 127. The Hall–Kier alpha value is -1.68. The second-order valence-electron chi connectivity index (χ2n) is 8.01. The summed E-state index contributed by atoms with van der Waals surface area (Å²) >= 11 is 0. The summed E-state index contributed by atoms with van der Waals surface area (Å²) in [6, 6.07) is 12.6. The van der Waals surface area contributed by atoms with Gasteiger partial charge in [-0.05, 0) is 35.7 Å². The monoisotopic (exact) mass is 547 g/mol. The van der Waals surface area contributed by atoms with E-state index < -0.39 is 15.7 Å². The van der Waals surface area contributed by atoms with Gasteiger partial charge in [-0.15, -0.1) is 24.0 Å². The molecule has 0 saturated heterocycles. The second-order valence-corrected chi connectivity index (χ2v) is 10.2. The van der Waals surface area contributed by atoms with Gasteiger partial charge in [0.05, 0.1) is 5.75 Å². The van der Waals surface area contributed by atoms with Crippen LogP contribution in [0.1, 0.15) is 36.1 Å². The zero-order valence-electron chi connectivity index (χ0n) is 18.1. The lowest BCUT2D eigenvalue weighted by Crippen LogP contribution is -2.43. The SMILES string of the molecule is CN=C(NCc1cc(F)ccc1CS(C)(=O)=O)NCC(C)(C)c1ccc(C)cc1.I. The van der Waals surface area contributed by atoms with Gasteiger partial charge in [-0.25, -0.2) is 12.8 Å². The molecule has 2 N–H and O–H groups in total. The van der Waals surface area contributed by atoms with E-state index in [2.05, 4.69) is 60.7 Å². The zero-order chi connectivity index (χ0) is 21.7. The second kappa shape index (κ2) is 11.1. The van der Waals surface area contributed by atoms with Crippen LogP contribution in [-0.4, -0.2) is 34.2 Å². The molecule has 2 aromatic rings. The molecular weight excluding hydrogens is 516 g/mol. The minimum absolute atomic E-state index is 0. The highest BCUT2D eigenvalue weighted by Crippen LogP contribution is 2.22. The molecule has 0 aromatic heterocycles. The van der Waals surface area contributed by atoms with Crippen molar-refractivity contribution in [1.82, 2.24) is 10.6 Å². The van der Waals surface area contributed by atoms with Gasteiger partial charge in [0.15, 0.2) is 15.8 Å². The highest BCUT2D eigenvalue weighted by Gasteiger charge is 2.21. The van der Waals surface area contributed by atoms with E-state index in [0.29, 0.717) is 23.6 Å². The van der Waals surface area contributed by atoms with Crippen molar-refractivity contribution < 1.29 is 12.8 Å². The molecule has 0 aliphatic carbocycles. The average molecular weight is 547 g/mol. The Morgan fingerprint density at radius 1 is 1.07 bits per heavy atom. The first-order chi connectivity index (χ1) is 13.5. The molecule has 0 aliphatic heterocycles. The van der Waals surface area contributed by atoms with Gasteiger partial charge in [-0.2, -0.15) is 0 Å². The summed E-state index contributed by atoms with van der Waals surface area (Å²) in [5, 5.41) is 6.45. The number of rotatable bonds is 7. The van der Waals surface area contributed by atoms with Gasteiger partial charge < -0.3 is 10.6 Å². The summed E-state index contributed by atoms with van der Waals surface area (Å²) in [7, 11) is -1.55. The normalized spacial score (nSPS) is 12.3. The molecule has 0 saturated carbocycles. The number of aryl methyl sites for hydroxylation is 1. The van der Waals surface area contributed by atoms with Gasteiger partial charge >= 0.3 is 0 Å². The van der Waals surface area contributed by atoms with E-state index in [1.165, 1.54) is 35.6 Å². The summed E-state index contributed by atoms with van der Waals surface area (Å²) in [6.45, 7) is 7.27. The minimum atomic E-state index is -3.22. The zero-order valence-corrected chi connectivity index (χ0v) is 21.3. The molecule has 2 aromatic carbocycles. The minimum Gasteiger partial charge on any atom is -0.356 e. The molecule has 0 spiro atoms. The smallest absolute Gasteiger partial charge is 0.191 e. The molecule has 0 bridgehead atoms. The molecule has 166 valence electrons. The number of guanidine groups is 1. The molecule has 2 rings (SSSR count). The van der Waals surface area contributed by atoms with Crippen LogP contribution in [0.3, 0.4) is 0 Å². The Kier molecular flexibility index (Phi) is 9.74. The molecule has 0 radical (unpaired) electrons. The number of aliphatic imine (C=N–C) groups is 1. The summed E-state index contributed by atoms with van der Waals surface area (Å²) in [6.07, 6.45) is 1.17. The third-order valence-corrected chi connectivity index (χ3v) is 5.62.